The van der Waals surface area contributed by atoms with Crippen LogP contribution in [0.25, 0.3) is 10.4 Å². The highest BCUT2D eigenvalue weighted by Gasteiger charge is 2.25. The Morgan fingerprint density at radius 1 is 1.47 bits per heavy atom. The fraction of sp³-hybridized carbons (Fsp3) is 0.500. The minimum Gasteiger partial charge on any atom is -0.494 e. The van der Waals surface area contributed by atoms with Crippen LogP contribution in [0.3, 0.4) is 0 Å². The number of benzene rings is 1. The van der Waals surface area contributed by atoms with Gasteiger partial charge in [-0.25, -0.2) is 0 Å². The molecule has 17 heavy (non-hydrogen) atoms. The molecule has 0 aromatic heterocycles. The summed E-state index contributed by atoms with van der Waals surface area (Å²) in [5.74, 6) is 0.947. The van der Waals surface area contributed by atoms with E-state index in [4.69, 9.17) is 10.3 Å². The second kappa shape index (κ2) is 5.57. The molecule has 1 heterocycles. The van der Waals surface area contributed by atoms with Crippen molar-refractivity contribution in [2.75, 3.05) is 19.7 Å². The highest BCUT2D eigenvalue weighted by molar-refractivity contribution is 5.33. The number of likely N-dealkylation sites (tertiary alicyclic amines) is 1. The minimum atomic E-state index is 0.138. The fourth-order valence-corrected chi connectivity index (χ4v) is 1.99. The van der Waals surface area contributed by atoms with Gasteiger partial charge in [0.25, 0.3) is 0 Å². The van der Waals surface area contributed by atoms with Crippen molar-refractivity contribution < 1.29 is 4.74 Å². The van der Waals surface area contributed by atoms with Gasteiger partial charge in [0.1, 0.15) is 5.75 Å². The van der Waals surface area contributed by atoms with Crippen molar-refractivity contribution in [3.8, 4) is 5.75 Å². The molecule has 1 aromatic carbocycles. The summed E-state index contributed by atoms with van der Waals surface area (Å²) in [5.41, 5.74) is 9.50. The molecule has 0 saturated carbocycles. The summed E-state index contributed by atoms with van der Waals surface area (Å²) in [6.45, 7) is 5.19. The van der Waals surface area contributed by atoms with Gasteiger partial charge < -0.3 is 4.74 Å². The molecule has 1 fully saturated rings. The molecule has 1 aromatic rings. The van der Waals surface area contributed by atoms with Gasteiger partial charge in [0.2, 0.25) is 0 Å². The lowest BCUT2D eigenvalue weighted by Gasteiger charge is -2.36. The highest BCUT2D eigenvalue weighted by Crippen LogP contribution is 2.23. The van der Waals surface area contributed by atoms with Crippen molar-refractivity contribution in [2.24, 2.45) is 5.11 Å². The summed E-state index contributed by atoms with van der Waals surface area (Å²) in [7, 11) is 0. The Balaban J connectivity index is 1.93. The molecular formula is C12H16N4O. The summed E-state index contributed by atoms with van der Waals surface area (Å²) < 4.78 is 5.57. The van der Waals surface area contributed by atoms with Gasteiger partial charge in [0.15, 0.2) is 0 Å². The molecule has 0 atom stereocenters. The maximum atomic E-state index is 8.31. The van der Waals surface area contributed by atoms with Crippen molar-refractivity contribution in [1.29, 1.82) is 0 Å². The molecule has 0 aliphatic carbocycles. The van der Waals surface area contributed by atoms with Crippen LogP contribution in [0.2, 0.25) is 0 Å². The summed E-state index contributed by atoms with van der Waals surface area (Å²) in [5, 5.41) is 3.69. The number of hydrogen-bond donors (Lipinski definition) is 0. The second-order valence-corrected chi connectivity index (χ2v) is 4.09. The number of para-hydroxylation sites is 1. The van der Waals surface area contributed by atoms with Gasteiger partial charge >= 0.3 is 0 Å². The van der Waals surface area contributed by atoms with Crippen LogP contribution in [0.4, 0.5) is 0 Å². The zero-order valence-electron chi connectivity index (χ0n) is 9.91. The molecule has 0 spiro atoms. The first-order valence-electron chi connectivity index (χ1n) is 5.80. The van der Waals surface area contributed by atoms with Crippen molar-refractivity contribution >= 4 is 0 Å². The Kier molecular flexibility index (Phi) is 3.85. The van der Waals surface area contributed by atoms with Gasteiger partial charge in [-0.15, -0.1) is 0 Å². The van der Waals surface area contributed by atoms with Crippen LogP contribution in [0.15, 0.2) is 29.4 Å². The van der Waals surface area contributed by atoms with Crippen LogP contribution in [0, 0.1) is 0 Å². The van der Waals surface area contributed by atoms with E-state index in [9.17, 15) is 0 Å². The predicted octanol–water partition coefficient (Wildman–Crippen LogP) is 2.58. The fourth-order valence-electron chi connectivity index (χ4n) is 1.99. The van der Waals surface area contributed by atoms with Gasteiger partial charge in [-0.2, -0.15) is 0 Å². The van der Waals surface area contributed by atoms with Gasteiger partial charge in [-0.05, 0) is 18.5 Å². The average Bonchev–Trinajstić information content (AvgIpc) is 2.29. The lowest BCUT2D eigenvalue weighted by Crippen LogP contribution is -2.48. The molecule has 5 nitrogen and oxygen atoms in total. The average molecular weight is 232 g/mol. The van der Waals surface area contributed by atoms with E-state index in [1.807, 2.05) is 25.1 Å². The molecule has 5 heteroatoms. The normalized spacial score (nSPS) is 16.1. The number of hydrogen-bond acceptors (Lipinski definition) is 3. The molecule has 0 N–H and O–H groups in total. The molecule has 90 valence electrons. The summed E-state index contributed by atoms with van der Waals surface area (Å²) in [6, 6.07) is 8.20. The van der Waals surface area contributed by atoms with Crippen LogP contribution in [-0.2, 0) is 6.54 Å². The van der Waals surface area contributed by atoms with Crippen molar-refractivity contribution in [1.82, 2.24) is 4.90 Å². The van der Waals surface area contributed by atoms with E-state index < -0.39 is 0 Å². The minimum absolute atomic E-state index is 0.138. The first-order valence-corrected chi connectivity index (χ1v) is 5.80. The largest absolute Gasteiger partial charge is 0.494 e. The molecule has 1 aliphatic heterocycles. The SMILES string of the molecule is CCOc1ccccc1CN1CC(N=[N+]=[N-])C1. The van der Waals surface area contributed by atoms with E-state index in [2.05, 4.69) is 21.0 Å². The summed E-state index contributed by atoms with van der Waals surface area (Å²) >= 11 is 0. The standard InChI is InChI=1S/C12H16N4O/c1-2-17-12-6-4-3-5-10(12)7-16-8-11(9-16)14-15-13/h3-6,11H,2,7-9H2,1H3. The van der Waals surface area contributed by atoms with E-state index in [0.29, 0.717) is 6.61 Å². The van der Waals surface area contributed by atoms with Crippen molar-refractivity contribution in [2.45, 2.75) is 19.5 Å². The quantitative estimate of drug-likeness (QED) is 0.445. The second-order valence-electron chi connectivity index (χ2n) is 4.09. The van der Waals surface area contributed by atoms with Gasteiger partial charge in [-0.1, -0.05) is 23.3 Å². The van der Waals surface area contributed by atoms with Crippen LogP contribution < -0.4 is 4.74 Å². The Hall–Kier alpha value is -1.71. The van der Waals surface area contributed by atoms with E-state index >= 15 is 0 Å². The highest BCUT2D eigenvalue weighted by atomic mass is 16.5. The number of ether oxygens (including phenoxy) is 1. The molecule has 2 rings (SSSR count). The first-order chi connectivity index (χ1) is 8.33. The zero-order chi connectivity index (χ0) is 12.1. The lowest BCUT2D eigenvalue weighted by molar-refractivity contribution is 0.140. The van der Waals surface area contributed by atoms with Crippen LogP contribution >= 0.6 is 0 Å². The zero-order valence-corrected chi connectivity index (χ0v) is 9.91. The number of azide groups is 1. The molecule has 1 aliphatic rings. The molecule has 1 saturated heterocycles. The maximum Gasteiger partial charge on any atom is 0.123 e. The third-order valence-corrected chi connectivity index (χ3v) is 2.82. The first kappa shape index (κ1) is 11.8. The van der Waals surface area contributed by atoms with Gasteiger partial charge in [0, 0.05) is 30.1 Å². The van der Waals surface area contributed by atoms with E-state index in [0.717, 1.165) is 25.4 Å². The van der Waals surface area contributed by atoms with E-state index in [1.54, 1.807) is 0 Å². The monoisotopic (exact) mass is 232 g/mol. The van der Waals surface area contributed by atoms with Crippen molar-refractivity contribution in [3.05, 3.63) is 40.3 Å². The lowest BCUT2D eigenvalue weighted by atomic mass is 10.1. The molecule has 0 unspecified atom stereocenters. The van der Waals surface area contributed by atoms with Crippen LogP contribution in [-0.4, -0.2) is 30.6 Å². The third-order valence-electron chi connectivity index (χ3n) is 2.82. The molecule has 0 amide bonds. The van der Waals surface area contributed by atoms with E-state index in [1.165, 1.54) is 5.56 Å². The third kappa shape index (κ3) is 2.90. The van der Waals surface area contributed by atoms with E-state index in [-0.39, 0.29) is 6.04 Å². The number of rotatable bonds is 5. The summed E-state index contributed by atoms with van der Waals surface area (Å²) in [4.78, 5) is 5.07. The molecule has 0 radical (unpaired) electrons. The predicted molar refractivity (Wildman–Crippen MR) is 65.8 cm³/mol. The van der Waals surface area contributed by atoms with Crippen LogP contribution in [0.5, 0.6) is 5.75 Å². The maximum absolute atomic E-state index is 8.31. The van der Waals surface area contributed by atoms with Gasteiger partial charge in [0.05, 0.1) is 12.6 Å². The molecule has 0 bridgehead atoms. The van der Waals surface area contributed by atoms with Crippen molar-refractivity contribution in [3.63, 3.8) is 0 Å². The molecular weight excluding hydrogens is 216 g/mol. The Bertz CT molecular complexity index is 422. The topological polar surface area (TPSA) is 61.2 Å². The Labute approximate surface area is 101 Å². The Morgan fingerprint density at radius 3 is 2.94 bits per heavy atom. The van der Waals surface area contributed by atoms with Crippen LogP contribution in [0.1, 0.15) is 12.5 Å². The Morgan fingerprint density at radius 2 is 2.24 bits per heavy atom. The number of nitrogens with zero attached hydrogens (tertiary/aromatic N) is 4. The summed E-state index contributed by atoms with van der Waals surface area (Å²) in [6.07, 6.45) is 0. The van der Waals surface area contributed by atoms with Gasteiger partial charge in [-0.3, -0.25) is 4.90 Å². The smallest absolute Gasteiger partial charge is 0.123 e.